The number of nitrogens with zero attached hydrogens (tertiary/aromatic N) is 2. The fourth-order valence-corrected chi connectivity index (χ4v) is 4.53. The summed E-state index contributed by atoms with van der Waals surface area (Å²) in [7, 11) is 1.92. The molecule has 0 spiro atoms. The summed E-state index contributed by atoms with van der Waals surface area (Å²) in [5.74, 6) is -1.78. The minimum atomic E-state index is -0.910. The van der Waals surface area contributed by atoms with Gasteiger partial charge in [0, 0.05) is 18.3 Å². The van der Waals surface area contributed by atoms with E-state index in [4.69, 9.17) is 4.74 Å². The largest absolute Gasteiger partial charge is 0.507 e. The molecule has 1 atom stereocenters. The number of ether oxygens (including phenoxy) is 1. The Labute approximate surface area is 196 Å². The SMILES string of the molecule is Cc1cccc(C2/C(=C(/O)c3ccc4c(c3)N(C)CCO4)C(=O)C(=O)N2c2cccc(F)c2)c1. The molecule has 0 bridgehead atoms. The highest BCUT2D eigenvalue weighted by atomic mass is 19.1. The Balaban J connectivity index is 1.71. The van der Waals surface area contributed by atoms with Crippen molar-refractivity contribution in [3.63, 3.8) is 0 Å². The van der Waals surface area contributed by atoms with E-state index in [1.807, 2.05) is 37.1 Å². The minimum absolute atomic E-state index is 0.0424. The molecule has 1 unspecified atom stereocenters. The molecule has 0 radical (unpaired) electrons. The van der Waals surface area contributed by atoms with Crippen LogP contribution >= 0.6 is 0 Å². The van der Waals surface area contributed by atoms with Crippen LogP contribution in [0.4, 0.5) is 15.8 Å². The van der Waals surface area contributed by atoms with E-state index in [1.165, 1.54) is 23.1 Å². The molecule has 1 fully saturated rings. The van der Waals surface area contributed by atoms with Crippen LogP contribution < -0.4 is 14.5 Å². The van der Waals surface area contributed by atoms with E-state index in [2.05, 4.69) is 0 Å². The highest BCUT2D eigenvalue weighted by molar-refractivity contribution is 6.51. The van der Waals surface area contributed by atoms with Crippen LogP contribution in [0.25, 0.3) is 5.76 Å². The third-order valence-electron chi connectivity index (χ3n) is 6.22. The molecular formula is C27H23FN2O4. The van der Waals surface area contributed by atoms with Crippen molar-refractivity contribution < 1.29 is 23.8 Å². The molecule has 2 heterocycles. The maximum absolute atomic E-state index is 14.1. The number of benzene rings is 3. The zero-order valence-corrected chi connectivity index (χ0v) is 18.8. The molecule has 3 aromatic rings. The second-order valence-electron chi connectivity index (χ2n) is 8.52. The van der Waals surface area contributed by atoms with Gasteiger partial charge in [-0.25, -0.2) is 4.39 Å². The lowest BCUT2D eigenvalue weighted by Gasteiger charge is -2.28. The number of halogens is 1. The number of likely N-dealkylation sites (N-methyl/N-ethyl adjacent to an activating group) is 1. The number of fused-ring (bicyclic) bond motifs is 1. The smallest absolute Gasteiger partial charge is 0.300 e. The Morgan fingerprint density at radius 3 is 2.62 bits per heavy atom. The molecule has 34 heavy (non-hydrogen) atoms. The normalized spacial score (nSPS) is 19.2. The van der Waals surface area contributed by atoms with E-state index in [-0.39, 0.29) is 17.0 Å². The van der Waals surface area contributed by atoms with Crippen LogP contribution in [0, 0.1) is 12.7 Å². The number of aliphatic hydroxyl groups is 1. The van der Waals surface area contributed by atoms with Crippen molar-refractivity contribution in [2.45, 2.75) is 13.0 Å². The highest BCUT2D eigenvalue weighted by Gasteiger charge is 2.47. The number of Topliss-reactive ketones (excluding diaryl/α,β-unsaturated/α-hetero) is 1. The Bertz CT molecular complexity index is 1350. The lowest BCUT2D eigenvalue weighted by atomic mass is 9.94. The lowest BCUT2D eigenvalue weighted by Crippen LogP contribution is -2.29. The monoisotopic (exact) mass is 458 g/mol. The minimum Gasteiger partial charge on any atom is -0.507 e. The zero-order valence-electron chi connectivity index (χ0n) is 18.8. The fourth-order valence-electron chi connectivity index (χ4n) is 4.53. The van der Waals surface area contributed by atoms with Gasteiger partial charge in [0.1, 0.15) is 23.9 Å². The molecule has 0 aromatic heterocycles. The van der Waals surface area contributed by atoms with Gasteiger partial charge in [-0.3, -0.25) is 14.5 Å². The van der Waals surface area contributed by atoms with Gasteiger partial charge < -0.3 is 14.7 Å². The molecular weight excluding hydrogens is 435 g/mol. The Kier molecular flexibility index (Phi) is 5.32. The number of carbonyl (C=O) groups is 2. The van der Waals surface area contributed by atoms with Crippen LogP contribution in [0.2, 0.25) is 0 Å². The van der Waals surface area contributed by atoms with Crippen LogP contribution in [0.3, 0.4) is 0 Å². The second kappa shape index (κ2) is 8.33. The fraction of sp³-hybridized carbons (Fsp3) is 0.185. The molecule has 5 rings (SSSR count). The van der Waals surface area contributed by atoms with Gasteiger partial charge in [0.25, 0.3) is 11.7 Å². The number of hydrogen-bond acceptors (Lipinski definition) is 5. The average Bonchev–Trinajstić information content (AvgIpc) is 3.09. The second-order valence-corrected chi connectivity index (χ2v) is 8.52. The van der Waals surface area contributed by atoms with Gasteiger partial charge in [-0.15, -0.1) is 0 Å². The first-order valence-corrected chi connectivity index (χ1v) is 11.0. The van der Waals surface area contributed by atoms with Crippen molar-refractivity contribution in [3.05, 3.63) is 94.8 Å². The lowest BCUT2D eigenvalue weighted by molar-refractivity contribution is -0.132. The summed E-state index contributed by atoms with van der Waals surface area (Å²) >= 11 is 0. The summed E-state index contributed by atoms with van der Waals surface area (Å²) in [5.41, 5.74) is 2.94. The van der Waals surface area contributed by atoms with E-state index in [1.54, 1.807) is 30.3 Å². The standard InChI is InChI=1S/C27H23FN2O4/c1-16-5-3-6-17(13-16)24-23(26(32)27(33)30(24)20-8-4-7-19(28)15-20)25(31)18-9-10-22-21(14-18)29(2)11-12-34-22/h3-10,13-15,24,31H,11-12H2,1-2H3/b25-23-. The van der Waals surface area contributed by atoms with Crippen molar-refractivity contribution in [3.8, 4) is 5.75 Å². The molecule has 6 nitrogen and oxygen atoms in total. The van der Waals surface area contributed by atoms with Gasteiger partial charge in [-0.05, 0) is 48.9 Å². The Morgan fingerprint density at radius 2 is 1.85 bits per heavy atom. The van der Waals surface area contributed by atoms with Crippen LogP contribution in [-0.4, -0.2) is 37.0 Å². The molecule has 172 valence electrons. The maximum atomic E-state index is 14.1. The van der Waals surface area contributed by atoms with Gasteiger partial charge in [0.15, 0.2) is 0 Å². The number of amides is 1. The van der Waals surface area contributed by atoms with Crippen LogP contribution in [-0.2, 0) is 9.59 Å². The summed E-state index contributed by atoms with van der Waals surface area (Å²) < 4.78 is 19.7. The van der Waals surface area contributed by atoms with Crippen molar-refractivity contribution >= 4 is 28.8 Å². The summed E-state index contributed by atoms with van der Waals surface area (Å²) in [5, 5.41) is 11.4. The summed E-state index contributed by atoms with van der Waals surface area (Å²) in [6, 6.07) is 17.1. The van der Waals surface area contributed by atoms with Crippen LogP contribution in [0.15, 0.2) is 72.3 Å². The third-order valence-corrected chi connectivity index (χ3v) is 6.22. The van der Waals surface area contributed by atoms with Crippen molar-refractivity contribution in [1.82, 2.24) is 0 Å². The Hall–Kier alpha value is -4.13. The molecule has 1 saturated heterocycles. The number of rotatable bonds is 3. The van der Waals surface area contributed by atoms with Crippen molar-refractivity contribution in [1.29, 1.82) is 0 Å². The van der Waals surface area contributed by atoms with Gasteiger partial charge in [-0.1, -0.05) is 35.9 Å². The first kappa shape index (κ1) is 21.7. The average molecular weight is 458 g/mol. The number of anilines is 2. The van der Waals surface area contributed by atoms with Gasteiger partial charge >= 0.3 is 0 Å². The molecule has 2 aliphatic rings. The summed E-state index contributed by atoms with van der Waals surface area (Å²) in [6.45, 7) is 3.14. The summed E-state index contributed by atoms with van der Waals surface area (Å²) in [6.07, 6.45) is 0. The number of hydrogen-bond donors (Lipinski definition) is 1. The van der Waals surface area contributed by atoms with E-state index in [0.29, 0.717) is 30.0 Å². The van der Waals surface area contributed by atoms with Gasteiger partial charge in [-0.2, -0.15) is 0 Å². The third kappa shape index (κ3) is 3.59. The number of carbonyl (C=O) groups excluding carboxylic acids is 2. The maximum Gasteiger partial charge on any atom is 0.300 e. The highest BCUT2D eigenvalue weighted by Crippen LogP contribution is 2.43. The molecule has 3 aromatic carbocycles. The first-order valence-electron chi connectivity index (χ1n) is 11.0. The number of aliphatic hydroxyl groups excluding tert-OH is 1. The van der Waals surface area contributed by atoms with E-state index < -0.39 is 23.5 Å². The van der Waals surface area contributed by atoms with Gasteiger partial charge in [0.05, 0.1) is 23.8 Å². The Morgan fingerprint density at radius 1 is 1.06 bits per heavy atom. The molecule has 1 amide bonds. The predicted octanol–water partition coefficient (Wildman–Crippen LogP) is 4.59. The molecule has 0 aliphatic carbocycles. The predicted molar refractivity (Wildman–Crippen MR) is 128 cm³/mol. The van der Waals surface area contributed by atoms with Crippen LogP contribution in [0.5, 0.6) is 5.75 Å². The quantitative estimate of drug-likeness (QED) is 0.353. The van der Waals surface area contributed by atoms with Crippen molar-refractivity contribution in [2.75, 3.05) is 30.0 Å². The number of ketones is 1. The number of aryl methyl sites for hydroxylation is 1. The first-order chi connectivity index (χ1) is 16.3. The van der Waals surface area contributed by atoms with Gasteiger partial charge in [0.2, 0.25) is 0 Å². The van der Waals surface area contributed by atoms with E-state index in [9.17, 15) is 19.1 Å². The topological polar surface area (TPSA) is 70.1 Å². The molecule has 1 N–H and O–H groups in total. The van der Waals surface area contributed by atoms with Crippen LogP contribution in [0.1, 0.15) is 22.7 Å². The van der Waals surface area contributed by atoms with E-state index >= 15 is 0 Å². The molecule has 2 aliphatic heterocycles. The van der Waals surface area contributed by atoms with Crippen molar-refractivity contribution in [2.24, 2.45) is 0 Å². The summed E-state index contributed by atoms with van der Waals surface area (Å²) in [4.78, 5) is 29.7. The zero-order chi connectivity index (χ0) is 24.0. The molecule has 0 saturated carbocycles. The van der Waals surface area contributed by atoms with E-state index in [0.717, 1.165) is 11.3 Å². The molecule has 7 heteroatoms.